The number of hydrogen-bond acceptors (Lipinski definition) is 8. The summed E-state index contributed by atoms with van der Waals surface area (Å²) in [5.41, 5.74) is 9.13. The summed E-state index contributed by atoms with van der Waals surface area (Å²) in [6.45, 7) is 1.07. The fraction of sp³-hybridized carbons (Fsp3) is 0.231. The zero-order valence-corrected chi connectivity index (χ0v) is 12.1. The number of hydrogen-bond donors (Lipinski definition) is 2. The van der Waals surface area contributed by atoms with Gasteiger partial charge in [0.1, 0.15) is 24.8 Å². The molecule has 0 atom stereocenters. The van der Waals surface area contributed by atoms with E-state index in [1.165, 1.54) is 11.3 Å². The van der Waals surface area contributed by atoms with Gasteiger partial charge in [-0.15, -0.1) is 11.3 Å². The largest absolute Gasteiger partial charge is 0.496 e. The van der Waals surface area contributed by atoms with E-state index in [1.807, 2.05) is 6.07 Å². The van der Waals surface area contributed by atoms with Crippen LogP contribution in [0.25, 0.3) is 0 Å². The summed E-state index contributed by atoms with van der Waals surface area (Å²) >= 11 is 1.38. The van der Waals surface area contributed by atoms with Crippen LogP contribution >= 0.6 is 11.3 Å². The first-order valence-electron chi connectivity index (χ1n) is 6.24. The minimum absolute atomic E-state index is 0.467. The second-order valence-corrected chi connectivity index (χ2v) is 5.04. The highest BCUT2D eigenvalue weighted by Gasteiger charge is 2.15. The number of nitrogens with two attached hydrogens (primary N) is 1. The van der Waals surface area contributed by atoms with Gasteiger partial charge in [-0.05, 0) is 6.07 Å². The molecule has 0 saturated heterocycles. The molecule has 3 N–H and O–H groups in total. The molecular weight excluding hydrogens is 292 g/mol. The highest BCUT2D eigenvalue weighted by atomic mass is 32.1. The number of rotatable bonds is 4. The number of nitrogens with zero attached hydrogens (tertiary/aromatic N) is 2. The second kappa shape index (κ2) is 5.88. The normalized spacial score (nSPS) is 13.4. The number of aromatic nitrogens is 1. The molecule has 8 heteroatoms. The fourth-order valence-corrected chi connectivity index (χ4v) is 2.41. The minimum atomic E-state index is 0.467. The summed E-state index contributed by atoms with van der Waals surface area (Å²) < 4.78 is 16.4. The van der Waals surface area contributed by atoms with Crippen LogP contribution in [0.2, 0.25) is 0 Å². The van der Waals surface area contributed by atoms with Crippen LogP contribution in [0.15, 0.2) is 22.6 Å². The minimum Gasteiger partial charge on any atom is -0.496 e. The molecule has 1 aromatic carbocycles. The molecule has 110 valence electrons. The standard InChI is InChI=1S/C13H14N4O3S/c1-18-9-5-11-10(19-2-3-20-11)4-8(9)6-15-17-13-16-12(14)7-21-13/h4-7H,2-3,14H2,1H3,(H,16,17). The van der Waals surface area contributed by atoms with Gasteiger partial charge in [0.15, 0.2) is 11.5 Å². The lowest BCUT2D eigenvalue weighted by molar-refractivity contribution is 0.171. The van der Waals surface area contributed by atoms with Crippen LogP contribution in [-0.4, -0.2) is 31.5 Å². The zero-order chi connectivity index (χ0) is 14.7. The van der Waals surface area contributed by atoms with E-state index in [2.05, 4.69) is 15.5 Å². The number of fused-ring (bicyclic) bond motifs is 1. The van der Waals surface area contributed by atoms with E-state index in [4.69, 9.17) is 19.9 Å². The number of hydrazone groups is 1. The number of thiazole rings is 1. The third kappa shape index (κ3) is 3.00. The molecule has 7 nitrogen and oxygen atoms in total. The van der Waals surface area contributed by atoms with Gasteiger partial charge < -0.3 is 19.9 Å². The van der Waals surface area contributed by atoms with Gasteiger partial charge in [-0.2, -0.15) is 5.10 Å². The summed E-state index contributed by atoms with van der Waals surface area (Å²) in [4.78, 5) is 4.05. The number of ether oxygens (including phenoxy) is 3. The maximum Gasteiger partial charge on any atom is 0.205 e. The van der Waals surface area contributed by atoms with Crippen molar-refractivity contribution < 1.29 is 14.2 Å². The molecule has 2 heterocycles. The molecule has 21 heavy (non-hydrogen) atoms. The Bertz CT molecular complexity index is 671. The maximum absolute atomic E-state index is 5.54. The molecule has 3 rings (SSSR count). The quantitative estimate of drug-likeness (QED) is 0.663. The Balaban J connectivity index is 1.80. The van der Waals surface area contributed by atoms with E-state index in [-0.39, 0.29) is 0 Å². The van der Waals surface area contributed by atoms with Gasteiger partial charge in [0.05, 0.1) is 13.3 Å². The van der Waals surface area contributed by atoms with Crippen molar-refractivity contribution in [3.63, 3.8) is 0 Å². The summed E-state index contributed by atoms with van der Waals surface area (Å²) in [5.74, 6) is 2.48. The van der Waals surface area contributed by atoms with E-state index < -0.39 is 0 Å². The van der Waals surface area contributed by atoms with Gasteiger partial charge in [-0.3, -0.25) is 5.43 Å². The number of nitrogens with one attached hydrogen (secondary N) is 1. The average Bonchev–Trinajstić information content (AvgIpc) is 2.92. The lowest BCUT2D eigenvalue weighted by Crippen LogP contribution is -2.15. The van der Waals surface area contributed by atoms with Crippen molar-refractivity contribution in [3.8, 4) is 17.2 Å². The van der Waals surface area contributed by atoms with Crippen molar-refractivity contribution in [1.82, 2.24) is 4.98 Å². The van der Waals surface area contributed by atoms with Crippen LogP contribution in [-0.2, 0) is 0 Å². The highest BCUT2D eigenvalue weighted by molar-refractivity contribution is 7.14. The molecule has 1 aromatic heterocycles. The maximum atomic E-state index is 5.54. The van der Waals surface area contributed by atoms with Crippen molar-refractivity contribution in [2.24, 2.45) is 5.10 Å². The van der Waals surface area contributed by atoms with Gasteiger partial charge in [-0.25, -0.2) is 4.98 Å². The lowest BCUT2D eigenvalue weighted by atomic mass is 10.2. The molecule has 0 bridgehead atoms. The van der Waals surface area contributed by atoms with Crippen molar-refractivity contribution >= 4 is 28.5 Å². The number of benzene rings is 1. The van der Waals surface area contributed by atoms with Crippen molar-refractivity contribution in [1.29, 1.82) is 0 Å². The Kier molecular flexibility index (Phi) is 3.78. The van der Waals surface area contributed by atoms with Crippen molar-refractivity contribution in [2.75, 3.05) is 31.5 Å². The topological polar surface area (TPSA) is 91.0 Å². The molecule has 1 aliphatic heterocycles. The van der Waals surface area contributed by atoms with E-state index in [1.54, 1.807) is 24.8 Å². The first kappa shape index (κ1) is 13.5. The predicted octanol–water partition coefficient (Wildman–Crippen LogP) is 1.95. The number of methoxy groups -OCH3 is 1. The van der Waals surface area contributed by atoms with E-state index in [0.29, 0.717) is 41.4 Å². The Hall–Kier alpha value is -2.48. The molecule has 0 spiro atoms. The van der Waals surface area contributed by atoms with Gasteiger partial charge in [-0.1, -0.05) is 0 Å². The molecule has 0 radical (unpaired) electrons. The number of nitrogen functional groups attached to an aromatic ring is 1. The zero-order valence-electron chi connectivity index (χ0n) is 11.3. The van der Waals surface area contributed by atoms with E-state index in [0.717, 1.165) is 5.56 Å². The third-order valence-corrected chi connectivity index (χ3v) is 3.55. The average molecular weight is 306 g/mol. The van der Waals surface area contributed by atoms with Crippen LogP contribution in [0.3, 0.4) is 0 Å². The number of anilines is 2. The van der Waals surface area contributed by atoms with Crippen LogP contribution in [0.1, 0.15) is 5.56 Å². The molecular formula is C13H14N4O3S. The molecule has 1 aliphatic rings. The Morgan fingerprint density at radius 2 is 2.14 bits per heavy atom. The summed E-state index contributed by atoms with van der Waals surface area (Å²) in [6, 6.07) is 3.62. The third-order valence-electron chi connectivity index (χ3n) is 2.78. The Labute approximate surface area is 125 Å². The first-order valence-corrected chi connectivity index (χ1v) is 7.12. The summed E-state index contributed by atoms with van der Waals surface area (Å²) in [5, 5.41) is 6.49. The molecule has 0 saturated carbocycles. The van der Waals surface area contributed by atoms with Gasteiger partial charge >= 0.3 is 0 Å². The van der Waals surface area contributed by atoms with Crippen LogP contribution in [0, 0.1) is 0 Å². The van der Waals surface area contributed by atoms with Gasteiger partial charge in [0.2, 0.25) is 5.13 Å². The molecule has 0 unspecified atom stereocenters. The first-order chi connectivity index (χ1) is 10.3. The highest BCUT2D eigenvalue weighted by Crippen LogP contribution is 2.36. The Morgan fingerprint density at radius 3 is 2.81 bits per heavy atom. The molecule has 0 amide bonds. The van der Waals surface area contributed by atoms with Crippen LogP contribution in [0.5, 0.6) is 17.2 Å². The van der Waals surface area contributed by atoms with E-state index >= 15 is 0 Å². The van der Waals surface area contributed by atoms with Crippen LogP contribution in [0.4, 0.5) is 10.9 Å². The van der Waals surface area contributed by atoms with Crippen molar-refractivity contribution in [3.05, 3.63) is 23.1 Å². The molecule has 2 aromatic rings. The van der Waals surface area contributed by atoms with Crippen molar-refractivity contribution in [2.45, 2.75) is 0 Å². The summed E-state index contributed by atoms with van der Waals surface area (Å²) in [7, 11) is 1.59. The lowest BCUT2D eigenvalue weighted by Gasteiger charge is -2.19. The van der Waals surface area contributed by atoms with Crippen LogP contribution < -0.4 is 25.4 Å². The van der Waals surface area contributed by atoms with E-state index in [9.17, 15) is 0 Å². The molecule has 0 fully saturated rings. The predicted molar refractivity (Wildman–Crippen MR) is 81.7 cm³/mol. The Morgan fingerprint density at radius 1 is 1.38 bits per heavy atom. The summed E-state index contributed by atoms with van der Waals surface area (Å²) in [6.07, 6.45) is 1.63. The van der Waals surface area contributed by atoms with Gasteiger partial charge in [0.25, 0.3) is 0 Å². The SMILES string of the molecule is COc1cc2c(cc1C=NNc1nc(N)cs1)OCCO2. The molecule has 0 aliphatic carbocycles. The smallest absolute Gasteiger partial charge is 0.205 e. The monoisotopic (exact) mass is 306 g/mol. The second-order valence-electron chi connectivity index (χ2n) is 4.19. The fourth-order valence-electron chi connectivity index (χ4n) is 1.86. The van der Waals surface area contributed by atoms with Gasteiger partial charge in [0, 0.05) is 17.0 Å².